The first kappa shape index (κ1) is 24.5. The maximum atomic E-state index is 12.4. The first-order chi connectivity index (χ1) is 16.0. The molecule has 1 heterocycles. The van der Waals surface area contributed by atoms with Gasteiger partial charge >= 0.3 is 0 Å². The van der Waals surface area contributed by atoms with E-state index in [9.17, 15) is 14.4 Å². The smallest absolute Gasteiger partial charge is 0.238 e. The van der Waals surface area contributed by atoms with Gasteiger partial charge in [0.05, 0.1) is 13.2 Å². The number of para-hydroxylation sites is 1. The number of rotatable bonds is 11. The molecule has 1 aliphatic rings. The van der Waals surface area contributed by atoms with Crippen LogP contribution in [0.25, 0.3) is 0 Å². The van der Waals surface area contributed by atoms with E-state index in [1.807, 2.05) is 37.3 Å². The number of carbonyl (C=O) groups is 3. The number of benzene rings is 2. The van der Waals surface area contributed by atoms with E-state index in [-0.39, 0.29) is 36.5 Å². The van der Waals surface area contributed by atoms with Crippen LogP contribution in [0.2, 0.25) is 0 Å². The summed E-state index contributed by atoms with van der Waals surface area (Å²) in [6.45, 7) is 4.52. The lowest BCUT2D eigenvalue weighted by Crippen LogP contribution is -2.46. The maximum absolute atomic E-state index is 12.4. The third kappa shape index (κ3) is 8.35. The molecule has 0 unspecified atom stereocenters. The molecule has 0 aromatic heterocycles. The van der Waals surface area contributed by atoms with Crippen molar-refractivity contribution in [2.45, 2.75) is 45.1 Å². The van der Waals surface area contributed by atoms with Crippen LogP contribution in [0, 0.1) is 0 Å². The predicted octanol–water partition coefficient (Wildman–Crippen LogP) is 3.66. The normalized spacial score (nSPS) is 14.5. The SMILES string of the molecule is CCCOc1ccc(C(=O)CCC(=O)NC2CCN(CC(=O)Nc3ccccc3)CC2)cc1. The number of hydrogen-bond donors (Lipinski definition) is 2. The van der Waals surface area contributed by atoms with E-state index >= 15 is 0 Å². The van der Waals surface area contributed by atoms with Gasteiger partial charge in [-0.2, -0.15) is 0 Å². The van der Waals surface area contributed by atoms with Crippen molar-refractivity contribution in [1.82, 2.24) is 10.2 Å². The van der Waals surface area contributed by atoms with Crippen LogP contribution in [0.3, 0.4) is 0 Å². The molecule has 0 spiro atoms. The number of nitrogens with zero attached hydrogens (tertiary/aromatic N) is 1. The molecule has 7 nitrogen and oxygen atoms in total. The van der Waals surface area contributed by atoms with E-state index < -0.39 is 0 Å². The summed E-state index contributed by atoms with van der Waals surface area (Å²) in [7, 11) is 0. The van der Waals surface area contributed by atoms with E-state index in [1.54, 1.807) is 24.3 Å². The van der Waals surface area contributed by atoms with Crippen LogP contribution >= 0.6 is 0 Å². The van der Waals surface area contributed by atoms with Gasteiger partial charge in [0.2, 0.25) is 11.8 Å². The summed E-state index contributed by atoms with van der Waals surface area (Å²) < 4.78 is 5.53. The van der Waals surface area contributed by atoms with E-state index in [0.717, 1.165) is 43.8 Å². The Hall–Kier alpha value is -3.19. The van der Waals surface area contributed by atoms with Crippen molar-refractivity contribution >= 4 is 23.3 Å². The van der Waals surface area contributed by atoms with E-state index in [2.05, 4.69) is 15.5 Å². The quantitative estimate of drug-likeness (QED) is 0.509. The minimum absolute atomic E-state index is 0.0350. The number of likely N-dealkylation sites (tertiary alicyclic amines) is 1. The lowest BCUT2D eigenvalue weighted by Gasteiger charge is -2.31. The number of ether oxygens (including phenoxy) is 1. The van der Waals surface area contributed by atoms with Crippen molar-refractivity contribution in [2.24, 2.45) is 0 Å². The molecule has 0 aliphatic carbocycles. The standard InChI is InChI=1S/C26H33N3O4/c1-2-18-33-23-10-8-20(9-11-23)24(30)12-13-25(31)27-22-14-16-29(17-15-22)19-26(32)28-21-6-4-3-5-7-21/h3-11,22H,2,12-19H2,1H3,(H,27,31)(H,28,32). The summed E-state index contributed by atoms with van der Waals surface area (Å²) in [4.78, 5) is 39.0. The molecule has 2 N–H and O–H groups in total. The molecule has 2 amide bonds. The third-order valence-corrected chi connectivity index (χ3v) is 5.61. The predicted molar refractivity (Wildman–Crippen MR) is 128 cm³/mol. The number of Topliss-reactive ketones (excluding diaryl/α,β-unsaturated/α-hetero) is 1. The van der Waals surface area contributed by atoms with Gasteiger partial charge in [0.25, 0.3) is 0 Å². The van der Waals surface area contributed by atoms with Gasteiger partial charge in [-0.3, -0.25) is 19.3 Å². The third-order valence-electron chi connectivity index (χ3n) is 5.61. The molecule has 2 aromatic rings. The molecular formula is C26H33N3O4. The minimum Gasteiger partial charge on any atom is -0.494 e. The summed E-state index contributed by atoms with van der Waals surface area (Å²) in [6.07, 6.45) is 2.86. The molecule has 0 saturated carbocycles. The summed E-state index contributed by atoms with van der Waals surface area (Å²) in [6, 6.07) is 16.6. The van der Waals surface area contributed by atoms with Crippen LogP contribution in [0.5, 0.6) is 5.75 Å². The highest BCUT2D eigenvalue weighted by molar-refractivity contribution is 5.98. The van der Waals surface area contributed by atoms with Crippen LogP contribution in [-0.4, -0.2) is 54.8 Å². The number of piperidine rings is 1. The molecular weight excluding hydrogens is 418 g/mol. The first-order valence-corrected chi connectivity index (χ1v) is 11.7. The van der Waals surface area contributed by atoms with Gasteiger partial charge in [-0.25, -0.2) is 0 Å². The second-order valence-corrected chi connectivity index (χ2v) is 8.33. The highest BCUT2D eigenvalue weighted by atomic mass is 16.5. The van der Waals surface area contributed by atoms with Gasteiger partial charge in [-0.1, -0.05) is 25.1 Å². The van der Waals surface area contributed by atoms with Crippen LogP contribution in [-0.2, 0) is 9.59 Å². The Morgan fingerprint density at radius 3 is 2.30 bits per heavy atom. The van der Waals surface area contributed by atoms with Crippen LogP contribution in [0.15, 0.2) is 54.6 Å². The fourth-order valence-corrected chi connectivity index (χ4v) is 3.79. The molecule has 0 atom stereocenters. The number of hydrogen-bond acceptors (Lipinski definition) is 5. The monoisotopic (exact) mass is 451 g/mol. The molecule has 1 aliphatic heterocycles. The fourth-order valence-electron chi connectivity index (χ4n) is 3.79. The molecule has 1 saturated heterocycles. The van der Waals surface area contributed by atoms with Crippen molar-refractivity contribution in [1.29, 1.82) is 0 Å². The maximum Gasteiger partial charge on any atom is 0.238 e. The summed E-state index contributed by atoms with van der Waals surface area (Å²) in [5.41, 5.74) is 1.38. The highest BCUT2D eigenvalue weighted by Crippen LogP contribution is 2.15. The van der Waals surface area contributed by atoms with Gasteiger partial charge in [-0.15, -0.1) is 0 Å². The van der Waals surface area contributed by atoms with Crippen molar-refractivity contribution in [2.75, 3.05) is 31.6 Å². The van der Waals surface area contributed by atoms with Gasteiger partial charge in [0, 0.05) is 43.2 Å². The minimum atomic E-state index is -0.105. The van der Waals surface area contributed by atoms with Crippen molar-refractivity contribution in [3.8, 4) is 5.75 Å². The zero-order valence-electron chi connectivity index (χ0n) is 19.2. The van der Waals surface area contributed by atoms with E-state index in [4.69, 9.17) is 4.74 Å². The van der Waals surface area contributed by atoms with Gasteiger partial charge in [-0.05, 0) is 55.7 Å². The molecule has 2 aromatic carbocycles. The Labute approximate surface area is 195 Å². The average Bonchev–Trinajstić information content (AvgIpc) is 2.83. The lowest BCUT2D eigenvalue weighted by molar-refractivity contribution is -0.122. The van der Waals surface area contributed by atoms with Crippen LogP contribution in [0.4, 0.5) is 5.69 Å². The van der Waals surface area contributed by atoms with Crippen molar-refractivity contribution in [3.05, 3.63) is 60.2 Å². The Bertz CT molecular complexity index is 907. The number of carbonyl (C=O) groups excluding carboxylic acids is 3. The summed E-state index contributed by atoms with van der Waals surface area (Å²) in [5, 5.41) is 5.93. The zero-order chi connectivity index (χ0) is 23.5. The van der Waals surface area contributed by atoms with Crippen molar-refractivity contribution in [3.63, 3.8) is 0 Å². The molecule has 33 heavy (non-hydrogen) atoms. The second kappa shape index (κ2) is 12.7. The molecule has 176 valence electrons. The summed E-state index contributed by atoms with van der Waals surface area (Å²) >= 11 is 0. The van der Waals surface area contributed by atoms with Crippen molar-refractivity contribution < 1.29 is 19.1 Å². The van der Waals surface area contributed by atoms with Gasteiger partial charge < -0.3 is 15.4 Å². The number of nitrogens with one attached hydrogen (secondary N) is 2. The Kier molecular flexibility index (Phi) is 9.44. The Morgan fingerprint density at radius 2 is 1.64 bits per heavy atom. The van der Waals surface area contributed by atoms with Crippen LogP contribution < -0.4 is 15.4 Å². The molecule has 3 rings (SSSR count). The second-order valence-electron chi connectivity index (χ2n) is 8.33. The molecule has 0 bridgehead atoms. The summed E-state index contributed by atoms with van der Waals surface area (Å²) in [5.74, 6) is 0.556. The number of amides is 2. The molecule has 0 radical (unpaired) electrons. The Morgan fingerprint density at radius 1 is 0.939 bits per heavy atom. The first-order valence-electron chi connectivity index (χ1n) is 11.7. The topological polar surface area (TPSA) is 87.7 Å². The molecule has 1 fully saturated rings. The largest absolute Gasteiger partial charge is 0.494 e. The molecule has 7 heteroatoms. The Balaban J connectivity index is 1.32. The van der Waals surface area contributed by atoms with Gasteiger partial charge in [0.15, 0.2) is 5.78 Å². The zero-order valence-corrected chi connectivity index (χ0v) is 19.2. The number of ketones is 1. The number of anilines is 1. The highest BCUT2D eigenvalue weighted by Gasteiger charge is 2.22. The van der Waals surface area contributed by atoms with E-state index in [0.29, 0.717) is 18.7 Å². The van der Waals surface area contributed by atoms with Crippen LogP contribution in [0.1, 0.15) is 49.4 Å². The van der Waals surface area contributed by atoms with Gasteiger partial charge in [0.1, 0.15) is 5.75 Å². The lowest BCUT2D eigenvalue weighted by atomic mass is 10.0. The average molecular weight is 452 g/mol. The van der Waals surface area contributed by atoms with E-state index in [1.165, 1.54) is 0 Å². The fraction of sp³-hybridized carbons (Fsp3) is 0.423.